The van der Waals surface area contributed by atoms with E-state index in [4.69, 9.17) is 14.1 Å². The molecule has 5 rings (SSSR count). The van der Waals surface area contributed by atoms with Gasteiger partial charge in [-0.15, -0.1) is 0 Å². The monoisotopic (exact) mass is 457 g/mol. The Hall–Kier alpha value is -3.87. The van der Waals surface area contributed by atoms with Gasteiger partial charge in [0.15, 0.2) is 0 Å². The summed E-state index contributed by atoms with van der Waals surface area (Å²) in [5.41, 5.74) is 1.97. The SMILES string of the molecule is COc1ccc(C)cc1-n1c(C(C)N(Cc2ccco2)C(=O)C2CC2)nc2ccccc2c1=O. The molecule has 2 aromatic carbocycles. The Bertz CT molecular complexity index is 1400. The number of methoxy groups -OCH3 is 1. The number of hydrogen-bond donors (Lipinski definition) is 0. The van der Waals surface area contributed by atoms with E-state index in [0.29, 0.717) is 40.5 Å². The molecule has 0 spiro atoms. The smallest absolute Gasteiger partial charge is 0.266 e. The van der Waals surface area contributed by atoms with Crippen molar-refractivity contribution in [2.24, 2.45) is 5.92 Å². The predicted molar refractivity (Wildman–Crippen MR) is 129 cm³/mol. The molecule has 2 heterocycles. The maximum absolute atomic E-state index is 13.8. The van der Waals surface area contributed by atoms with Gasteiger partial charge in [0, 0.05) is 5.92 Å². The van der Waals surface area contributed by atoms with E-state index in [1.54, 1.807) is 28.9 Å². The molecular formula is C27H27N3O4. The molecule has 1 aliphatic rings. The average Bonchev–Trinajstić information content (AvgIpc) is 3.57. The van der Waals surface area contributed by atoms with E-state index < -0.39 is 6.04 Å². The van der Waals surface area contributed by atoms with Crippen LogP contribution in [0.15, 0.2) is 70.1 Å². The molecule has 0 aliphatic heterocycles. The highest BCUT2D eigenvalue weighted by atomic mass is 16.5. The number of para-hydroxylation sites is 1. The fraction of sp³-hybridized carbons (Fsp3) is 0.296. The zero-order chi connectivity index (χ0) is 23.8. The Morgan fingerprint density at radius 1 is 1.21 bits per heavy atom. The maximum atomic E-state index is 13.8. The Morgan fingerprint density at radius 2 is 2.00 bits per heavy atom. The summed E-state index contributed by atoms with van der Waals surface area (Å²) in [6.07, 6.45) is 3.36. The van der Waals surface area contributed by atoms with Gasteiger partial charge >= 0.3 is 0 Å². The predicted octanol–water partition coefficient (Wildman–Crippen LogP) is 4.80. The van der Waals surface area contributed by atoms with Gasteiger partial charge in [0.2, 0.25) is 5.91 Å². The summed E-state index contributed by atoms with van der Waals surface area (Å²) in [4.78, 5) is 33.9. The molecule has 7 heteroatoms. The molecule has 2 aromatic heterocycles. The molecule has 0 bridgehead atoms. The Labute approximate surface area is 197 Å². The molecule has 1 fully saturated rings. The van der Waals surface area contributed by atoms with Crippen LogP contribution in [0, 0.1) is 12.8 Å². The average molecular weight is 458 g/mol. The molecule has 0 saturated heterocycles. The van der Waals surface area contributed by atoms with Gasteiger partial charge in [0.05, 0.1) is 42.5 Å². The molecule has 1 unspecified atom stereocenters. The minimum Gasteiger partial charge on any atom is -0.495 e. The molecule has 0 N–H and O–H groups in total. The van der Waals surface area contributed by atoms with Crippen LogP contribution < -0.4 is 10.3 Å². The highest BCUT2D eigenvalue weighted by Gasteiger charge is 2.37. The second-order valence-electron chi connectivity index (χ2n) is 8.80. The van der Waals surface area contributed by atoms with Gasteiger partial charge in [-0.2, -0.15) is 0 Å². The number of fused-ring (bicyclic) bond motifs is 1. The first-order chi connectivity index (χ1) is 16.5. The van der Waals surface area contributed by atoms with Gasteiger partial charge in [-0.3, -0.25) is 14.2 Å². The molecular weight excluding hydrogens is 430 g/mol. The number of ether oxygens (including phenoxy) is 1. The minimum absolute atomic E-state index is 0.00606. The standard InChI is InChI=1S/C27H27N3O4/c1-17-10-13-24(33-3)23(15-17)30-25(28-22-9-5-4-8-21(22)27(30)32)18(2)29(26(31)19-11-12-19)16-20-7-6-14-34-20/h4-10,13-15,18-19H,11-12,16H2,1-3H3. The first kappa shape index (κ1) is 21.9. The quantitative estimate of drug-likeness (QED) is 0.399. The number of benzene rings is 2. The Balaban J connectivity index is 1.73. The van der Waals surface area contributed by atoms with E-state index in [2.05, 4.69) is 0 Å². The van der Waals surface area contributed by atoms with Gasteiger partial charge in [-0.25, -0.2) is 4.98 Å². The molecule has 1 atom stereocenters. The fourth-order valence-electron chi connectivity index (χ4n) is 4.32. The highest BCUT2D eigenvalue weighted by molar-refractivity contribution is 5.82. The molecule has 174 valence electrons. The van der Waals surface area contributed by atoms with Crippen molar-refractivity contribution in [1.29, 1.82) is 0 Å². The van der Waals surface area contributed by atoms with Crippen molar-refractivity contribution in [2.45, 2.75) is 39.3 Å². The summed E-state index contributed by atoms with van der Waals surface area (Å²) in [5.74, 6) is 1.78. The number of carbonyl (C=O) groups excluding carboxylic acids is 1. The molecule has 34 heavy (non-hydrogen) atoms. The molecule has 1 aliphatic carbocycles. The van der Waals surface area contributed by atoms with Crippen molar-refractivity contribution >= 4 is 16.8 Å². The van der Waals surface area contributed by atoms with Crippen LogP contribution >= 0.6 is 0 Å². The third-order valence-corrected chi connectivity index (χ3v) is 6.33. The first-order valence-electron chi connectivity index (χ1n) is 11.5. The van der Waals surface area contributed by atoms with Crippen molar-refractivity contribution < 1.29 is 13.9 Å². The lowest BCUT2D eigenvalue weighted by atomic mass is 10.1. The van der Waals surface area contributed by atoms with E-state index in [1.165, 1.54) is 0 Å². The van der Waals surface area contributed by atoms with E-state index in [1.807, 2.05) is 62.4 Å². The normalized spacial score (nSPS) is 14.2. The minimum atomic E-state index is -0.485. The van der Waals surface area contributed by atoms with Crippen LogP contribution in [0.3, 0.4) is 0 Å². The van der Waals surface area contributed by atoms with Crippen LogP contribution in [0.2, 0.25) is 0 Å². The zero-order valence-corrected chi connectivity index (χ0v) is 19.5. The topological polar surface area (TPSA) is 77.6 Å². The molecule has 7 nitrogen and oxygen atoms in total. The Kier molecular flexibility index (Phi) is 5.69. The molecule has 4 aromatic rings. The van der Waals surface area contributed by atoms with Crippen LogP contribution in [0.5, 0.6) is 5.75 Å². The number of nitrogens with zero attached hydrogens (tertiary/aromatic N) is 3. The summed E-state index contributed by atoms with van der Waals surface area (Å²) in [5, 5.41) is 0.508. The van der Waals surface area contributed by atoms with Crippen molar-refractivity contribution in [3.8, 4) is 11.4 Å². The third-order valence-electron chi connectivity index (χ3n) is 6.33. The fourth-order valence-corrected chi connectivity index (χ4v) is 4.32. The first-order valence-corrected chi connectivity index (χ1v) is 11.5. The summed E-state index contributed by atoms with van der Waals surface area (Å²) >= 11 is 0. The number of rotatable bonds is 7. The van der Waals surface area contributed by atoms with Gasteiger partial charge in [-0.05, 0) is 68.7 Å². The van der Waals surface area contributed by atoms with Gasteiger partial charge in [0.25, 0.3) is 5.56 Å². The maximum Gasteiger partial charge on any atom is 0.266 e. The second kappa shape index (κ2) is 8.82. The summed E-state index contributed by atoms with van der Waals surface area (Å²) in [6, 6.07) is 16.1. The van der Waals surface area contributed by atoms with Crippen molar-refractivity contribution in [3.05, 3.63) is 88.4 Å². The number of aryl methyl sites for hydroxylation is 1. The zero-order valence-electron chi connectivity index (χ0n) is 19.5. The lowest BCUT2D eigenvalue weighted by Crippen LogP contribution is -2.38. The van der Waals surface area contributed by atoms with Crippen molar-refractivity contribution in [2.75, 3.05) is 7.11 Å². The van der Waals surface area contributed by atoms with Crippen LogP contribution in [-0.4, -0.2) is 27.5 Å². The van der Waals surface area contributed by atoms with E-state index in [-0.39, 0.29) is 17.4 Å². The van der Waals surface area contributed by atoms with E-state index in [0.717, 1.165) is 18.4 Å². The second-order valence-corrected chi connectivity index (χ2v) is 8.80. The Morgan fingerprint density at radius 3 is 2.71 bits per heavy atom. The van der Waals surface area contributed by atoms with Crippen LogP contribution in [0.4, 0.5) is 0 Å². The van der Waals surface area contributed by atoms with Gasteiger partial charge in [-0.1, -0.05) is 18.2 Å². The summed E-state index contributed by atoms with van der Waals surface area (Å²) in [7, 11) is 1.58. The molecule has 0 radical (unpaired) electrons. The number of carbonyl (C=O) groups is 1. The number of hydrogen-bond acceptors (Lipinski definition) is 5. The largest absolute Gasteiger partial charge is 0.495 e. The number of furan rings is 1. The lowest BCUT2D eigenvalue weighted by molar-refractivity contribution is -0.136. The third kappa shape index (κ3) is 3.98. The van der Waals surface area contributed by atoms with Crippen LogP contribution in [-0.2, 0) is 11.3 Å². The molecule has 1 saturated carbocycles. The summed E-state index contributed by atoms with van der Waals surface area (Å²) in [6.45, 7) is 4.18. The molecule has 1 amide bonds. The van der Waals surface area contributed by atoms with Crippen molar-refractivity contribution in [1.82, 2.24) is 14.5 Å². The van der Waals surface area contributed by atoms with E-state index >= 15 is 0 Å². The van der Waals surface area contributed by atoms with Gasteiger partial charge in [0.1, 0.15) is 17.3 Å². The lowest BCUT2D eigenvalue weighted by Gasteiger charge is -2.30. The number of aromatic nitrogens is 2. The van der Waals surface area contributed by atoms with Crippen molar-refractivity contribution in [3.63, 3.8) is 0 Å². The highest BCUT2D eigenvalue weighted by Crippen LogP contribution is 2.36. The van der Waals surface area contributed by atoms with Crippen LogP contribution in [0.25, 0.3) is 16.6 Å². The summed E-state index contributed by atoms with van der Waals surface area (Å²) < 4.78 is 12.8. The van der Waals surface area contributed by atoms with E-state index in [9.17, 15) is 9.59 Å². The van der Waals surface area contributed by atoms with Gasteiger partial charge < -0.3 is 14.1 Å². The number of amides is 1. The van der Waals surface area contributed by atoms with Crippen LogP contribution in [0.1, 0.15) is 43.0 Å².